The van der Waals surface area contributed by atoms with Gasteiger partial charge in [0.15, 0.2) is 5.84 Å². The Kier molecular flexibility index (Phi) is 3.11. The van der Waals surface area contributed by atoms with Gasteiger partial charge in [0.2, 0.25) is 0 Å². The number of oxime groups is 1. The molecular weight excluding hydrogens is 170 g/mol. The van der Waals surface area contributed by atoms with Crippen LogP contribution in [0.3, 0.4) is 0 Å². The standard InChI is InChI=1S/C8H17N3O2/c1-11-5-3-8(13-2,4-6-11)7(9)10-12/h12H,3-6H2,1-2H3,(H2,9,10). The van der Waals surface area contributed by atoms with Gasteiger partial charge in [0.1, 0.15) is 5.60 Å². The van der Waals surface area contributed by atoms with Crippen LogP contribution >= 0.6 is 0 Å². The average Bonchev–Trinajstić information content (AvgIpc) is 2.18. The van der Waals surface area contributed by atoms with Gasteiger partial charge >= 0.3 is 0 Å². The number of amidine groups is 1. The number of likely N-dealkylation sites (tertiary alicyclic amines) is 1. The molecule has 0 aromatic heterocycles. The second-order valence-corrected chi connectivity index (χ2v) is 3.49. The van der Waals surface area contributed by atoms with E-state index < -0.39 is 5.60 Å². The van der Waals surface area contributed by atoms with E-state index in [1.54, 1.807) is 7.11 Å². The Morgan fingerprint density at radius 1 is 1.54 bits per heavy atom. The fourth-order valence-corrected chi connectivity index (χ4v) is 1.64. The average molecular weight is 187 g/mol. The van der Waals surface area contributed by atoms with Crippen molar-refractivity contribution in [3.8, 4) is 0 Å². The van der Waals surface area contributed by atoms with E-state index in [-0.39, 0.29) is 5.84 Å². The summed E-state index contributed by atoms with van der Waals surface area (Å²) in [6.07, 6.45) is 1.55. The molecule has 0 atom stereocenters. The van der Waals surface area contributed by atoms with Crippen LogP contribution in [0.5, 0.6) is 0 Å². The Morgan fingerprint density at radius 3 is 2.46 bits per heavy atom. The molecule has 1 fully saturated rings. The van der Waals surface area contributed by atoms with Crippen molar-refractivity contribution in [3.05, 3.63) is 0 Å². The lowest BCUT2D eigenvalue weighted by Crippen LogP contribution is -2.52. The van der Waals surface area contributed by atoms with Crippen molar-refractivity contribution < 1.29 is 9.94 Å². The maximum Gasteiger partial charge on any atom is 0.171 e. The monoisotopic (exact) mass is 187 g/mol. The van der Waals surface area contributed by atoms with E-state index in [0.29, 0.717) is 0 Å². The summed E-state index contributed by atoms with van der Waals surface area (Å²) in [6, 6.07) is 0. The first-order valence-electron chi connectivity index (χ1n) is 4.36. The molecule has 5 nitrogen and oxygen atoms in total. The molecule has 1 aliphatic heterocycles. The van der Waals surface area contributed by atoms with E-state index in [2.05, 4.69) is 10.1 Å². The van der Waals surface area contributed by atoms with Crippen molar-refractivity contribution in [2.45, 2.75) is 18.4 Å². The van der Waals surface area contributed by atoms with E-state index >= 15 is 0 Å². The molecule has 13 heavy (non-hydrogen) atoms. The fourth-order valence-electron chi connectivity index (χ4n) is 1.64. The molecule has 5 heteroatoms. The van der Waals surface area contributed by atoms with Crippen LogP contribution in [0.2, 0.25) is 0 Å². The van der Waals surface area contributed by atoms with Crippen LogP contribution in [0.4, 0.5) is 0 Å². The summed E-state index contributed by atoms with van der Waals surface area (Å²) in [5, 5.41) is 11.6. The van der Waals surface area contributed by atoms with E-state index in [1.807, 2.05) is 7.05 Å². The predicted molar refractivity (Wildman–Crippen MR) is 49.9 cm³/mol. The molecular formula is C8H17N3O2. The molecule has 0 aromatic carbocycles. The summed E-state index contributed by atoms with van der Waals surface area (Å²) in [6.45, 7) is 1.81. The number of hydrogen-bond acceptors (Lipinski definition) is 4. The third kappa shape index (κ3) is 1.92. The number of rotatable bonds is 2. The highest BCUT2D eigenvalue weighted by Gasteiger charge is 2.38. The van der Waals surface area contributed by atoms with Gasteiger partial charge < -0.3 is 20.6 Å². The number of nitrogens with two attached hydrogens (primary N) is 1. The fraction of sp³-hybridized carbons (Fsp3) is 0.875. The molecule has 1 aliphatic rings. The maximum atomic E-state index is 8.62. The van der Waals surface area contributed by atoms with Crippen LogP contribution in [0.1, 0.15) is 12.8 Å². The number of piperidine rings is 1. The summed E-state index contributed by atoms with van der Waals surface area (Å²) >= 11 is 0. The molecule has 1 rings (SSSR count). The molecule has 0 radical (unpaired) electrons. The maximum absolute atomic E-state index is 8.62. The topological polar surface area (TPSA) is 71.1 Å². The van der Waals surface area contributed by atoms with Crippen molar-refractivity contribution in [1.82, 2.24) is 4.90 Å². The van der Waals surface area contributed by atoms with Crippen LogP contribution in [0, 0.1) is 0 Å². The zero-order valence-electron chi connectivity index (χ0n) is 8.16. The molecule has 1 heterocycles. The first kappa shape index (κ1) is 10.3. The second kappa shape index (κ2) is 3.93. The molecule has 3 N–H and O–H groups in total. The van der Waals surface area contributed by atoms with E-state index in [0.717, 1.165) is 25.9 Å². The first-order chi connectivity index (χ1) is 6.14. The number of nitrogens with zero attached hydrogens (tertiary/aromatic N) is 2. The first-order valence-corrected chi connectivity index (χ1v) is 4.36. The Hall–Kier alpha value is -0.810. The van der Waals surface area contributed by atoms with E-state index in [4.69, 9.17) is 15.7 Å². The molecule has 76 valence electrons. The molecule has 0 spiro atoms. The van der Waals surface area contributed by atoms with E-state index in [1.165, 1.54) is 0 Å². The largest absolute Gasteiger partial charge is 0.409 e. The smallest absolute Gasteiger partial charge is 0.171 e. The predicted octanol–water partition coefficient (Wildman–Crippen LogP) is -0.156. The SMILES string of the molecule is COC1(/C(N)=N/O)CCN(C)CC1. The highest BCUT2D eigenvalue weighted by atomic mass is 16.5. The van der Waals surface area contributed by atoms with Gasteiger partial charge in [0, 0.05) is 20.2 Å². The van der Waals surface area contributed by atoms with Crippen molar-refractivity contribution in [2.24, 2.45) is 10.9 Å². The molecule has 0 unspecified atom stereocenters. The molecule has 0 amide bonds. The van der Waals surface area contributed by atoms with Crippen LogP contribution < -0.4 is 5.73 Å². The molecule has 1 saturated heterocycles. The highest BCUT2D eigenvalue weighted by molar-refractivity contribution is 5.88. The third-order valence-corrected chi connectivity index (χ3v) is 2.76. The van der Waals surface area contributed by atoms with Crippen molar-refractivity contribution in [1.29, 1.82) is 0 Å². The van der Waals surface area contributed by atoms with Gasteiger partial charge in [-0.25, -0.2) is 0 Å². The normalized spacial score (nSPS) is 24.6. The molecule has 0 bridgehead atoms. The minimum atomic E-state index is -0.554. The summed E-state index contributed by atoms with van der Waals surface area (Å²) in [5.74, 6) is 0.183. The van der Waals surface area contributed by atoms with E-state index in [9.17, 15) is 0 Å². The van der Waals surface area contributed by atoms with Gasteiger partial charge in [0.25, 0.3) is 0 Å². The molecule has 0 aromatic rings. The van der Waals surface area contributed by atoms with Gasteiger partial charge in [-0.05, 0) is 19.9 Å². The quantitative estimate of drug-likeness (QED) is 0.273. The summed E-state index contributed by atoms with van der Waals surface area (Å²) < 4.78 is 5.34. The Labute approximate surface area is 78.1 Å². The molecule has 0 saturated carbocycles. The minimum absolute atomic E-state index is 0.183. The van der Waals surface area contributed by atoms with Crippen molar-refractivity contribution in [3.63, 3.8) is 0 Å². The zero-order valence-corrected chi connectivity index (χ0v) is 8.16. The van der Waals surface area contributed by atoms with Gasteiger partial charge in [-0.2, -0.15) is 0 Å². The van der Waals surface area contributed by atoms with Crippen LogP contribution in [-0.2, 0) is 4.74 Å². The van der Waals surface area contributed by atoms with Gasteiger partial charge in [-0.3, -0.25) is 0 Å². The third-order valence-electron chi connectivity index (χ3n) is 2.76. The van der Waals surface area contributed by atoms with Crippen LogP contribution in [0.15, 0.2) is 5.16 Å². The van der Waals surface area contributed by atoms with Gasteiger partial charge in [0.05, 0.1) is 0 Å². The minimum Gasteiger partial charge on any atom is -0.409 e. The van der Waals surface area contributed by atoms with Crippen molar-refractivity contribution >= 4 is 5.84 Å². The second-order valence-electron chi connectivity index (χ2n) is 3.49. The summed E-state index contributed by atoms with van der Waals surface area (Å²) in [4.78, 5) is 2.20. The highest BCUT2D eigenvalue weighted by Crippen LogP contribution is 2.25. The lowest BCUT2D eigenvalue weighted by atomic mass is 9.90. The zero-order chi connectivity index (χ0) is 9.90. The Morgan fingerprint density at radius 2 is 2.08 bits per heavy atom. The summed E-state index contributed by atoms with van der Waals surface area (Å²) in [5.41, 5.74) is 5.04. The number of ether oxygens (including phenoxy) is 1. The molecule has 0 aliphatic carbocycles. The van der Waals surface area contributed by atoms with Crippen LogP contribution in [0.25, 0.3) is 0 Å². The van der Waals surface area contributed by atoms with Crippen molar-refractivity contribution in [2.75, 3.05) is 27.2 Å². The van der Waals surface area contributed by atoms with Gasteiger partial charge in [-0.15, -0.1) is 0 Å². The Bertz CT molecular complexity index is 198. The van der Waals surface area contributed by atoms with Gasteiger partial charge in [-0.1, -0.05) is 5.16 Å². The lowest BCUT2D eigenvalue weighted by Gasteiger charge is -2.38. The Balaban J connectivity index is 2.71. The number of methoxy groups -OCH3 is 1. The van der Waals surface area contributed by atoms with Crippen LogP contribution in [-0.4, -0.2) is 48.8 Å². The summed E-state index contributed by atoms with van der Waals surface area (Å²) in [7, 11) is 3.65. The lowest BCUT2D eigenvalue weighted by molar-refractivity contribution is -0.00202. The number of hydrogen-bond donors (Lipinski definition) is 2.